The van der Waals surface area contributed by atoms with Crippen molar-refractivity contribution in [2.75, 3.05) is 45.2 Å². The number of rotatable bonds is 6. The summed E-state index contributed by atoms with van der Waals surface area (Å²) in [4.78, 5) is 26.4. The van der Waals surface area contributed by atoms with Crippen molar-refractivity contribution in [3.63, 3.8) is 0 Å². The fraction of sp³-hybridized carbons (Fsp3) is 0.696. The van der Waals surface area contributed by atoms with E-state index in [1.54, 1.807) is 12.1 Å². The highest BCUT2D eigenvalue weighted by Gasteiger charge is 2.51. The summed E-state index contributed by atoms with van der Waals surface area (Å²) >= 11 is 0. The Morgan fingerprint density at radius 3 is 2.12 bits per heavy atom. The van der Waals surface area contributed by atoms with Gasteiger partial charge in [0, 0.05) is 57.4 Å². The quantitative estimate of drug-likeness (QED) is 0.482. The molecule has 10 nitrogen and oxygen atoms in total. The second kappa shape index (κ2) is 8.46. The van der Waals surface area contributed by atoms with Crippen molar-refractivity contribution >= 4 is 27.5 Å². The van der Waals surface area contributed by atoms with E-state index in [4.69, 9.17) is 0 Å². The van der Waals surface area contributed by atoms with Gasteiger partial charge < -0.3 is 10.2 Å². The van der Waals surface area contributed by atoms with Gasteiger partial charge in [-0.05, 0) is 68.4 Å². The van der Waals surface area contributed by atoms with Crippen LogP contribution in [0.15, 0.2) is 18.2 Å². The van der Waals surface area contributed by atoms with Gasteiger partial charge in [-0.3, -0.25) is 14.9 Å². The zero-order valence-corrected chi connectivity index (χ0v) is 20.6. The first kappa shape index (κ1) is 23.5. The predicted octanol–water partition coefficient (Wildman–Crippen LogP) is 2.22. The molecule has 0 spiro atoms. The summed E-state index contributed by atoms with van der Waals surface area (Å²) in [6.45, 7) is 1.16. The maximum atomic E-state index is 13.2. The Morgan fingerprint density at radius 2 is 1.62 bits per heavy atom. The van der Waals surface area contributed by atoms with Crippen molar-refractivity contribution in [3.8, 4) is 0 Å². The van der Waals surface area contributed by atoms with Crippen LogP contribution >= 0.6 is 0 Å². The number of nitrogens with zero attached hydrogens (tertiary/aromatic N) is 4. The Morgan fingerprint density at radius 1 is 1.06 bits per heavy atom. The Hall–Kier alpha value is -2.24. The summed E-state index contributed by atoms with van der Waals surface area (Å²) in [5, 5.41) is 15.2. The normalized spacial score (nSPS) is 31.1. The van der Waals surface area contributed by atoms with Crippen molar-refractivity contribution in [1.29, 1.82) is 0 Å². The van der Waals surface area contributed by atoms with Crippen LogP contribution in [0.4, 0.5) is 11.4 Å². The first-order valence-corrected chi connectivity index (χ1v) is 13.5. The number of amides is 1. The molecule has 5 fully saturated rings. The molecule has 34 heavy (non-hydrogen) atoms. The number of benzene rings is 1. The molecule has 11 heteroatoms. The largest absolute Gasteiger partial charge is 0.363 e. The Kier molecular flexibility index (Phi) is 5.84. The maximum absolute atomic E-state index is 13.2. The zero-order chi connectivity index (χ0) is 24.3. The van der Waals surface area contributed by atoms with Crippen LogP contribution in [0.3, 0.4) is 0 Å². The van der Waals surface area contributed by atoms with Crippen LogP contribution in [0.2, 0.25) is 0 Å². The van der Waals surface area contributed by atoms with Crippen molar-refractivity contribution in [2.45, 2.75) is 44.1 Å². The lowest BCUT2D eigenvalue weighted by molar-refractivity contribution is -0.384. The topological polar surface area (TPSA) is 116 Å². The molecule has 4 bridgehead atoms. The monoisotopic (exact) mass is 491 g/mol. The molecule has 5 aliphatic rings. The predicted molar refractivity (Wildman–Crippen MR) is 128 cm³/mol. The molecule has 1 amide bonds. The molecule has 1 aliphatic heterocycles. The van der Waals surface area contributed by atoms with Crippen LogP contribution < -0.4 is 10.2 Å². The number of carbonyl (C=O) groups excluding carboxylic acids is 1. The molecule has 0 radical (unpaired) electrons. The first-order valence-electron chi connectivity index (χ1n) is 12.1. The fourth-order valence-electron chi connectivity index (χ4n) is 7.05. The molecule has 1 N–H and O–H groups in total. The highest BCUT2D eigenvalue weighted by Crippen LogP contribution is 2.55. The maximum Gasteiger partial charge on any atom is 0.293 e. The summed E-state index contributed by atoms with van der Waals surface area (Å²) in [6, 6.07) is 4.65. The zero-order valence-electron chi connectivity index (χ0n) is 19.8. The average Bonchev–Trinajstić information content (AvgIpc) is 2.77. The van der Waals surface area contributed by atoms with Crippen molar-refractivity contribution < 1.29 is 18.1 Å². The standard InChI is InChI=1S/C23H33N5O5S/c1-25(2)34(32,33)27-7-5-26(6-8-27)20-4-3-19(12-21(20)28(30)31)22(29)24-23-13-16-9-17(14-23)11-18(10-16)15-23/h3-4,12,16-18H,5-11,13-15H2,1-2H3,(H,24,29). The minimum absolute atomic E-state index is 0.123. The molecule has 0 atom stereocenters. The van der Waals surface area contributed by atoms with Crippen molar-refractivity contribution in [1.82, 2.24) is 13.9 Å². The van der Waals surface area contributed by atoms with E-state index in [1.165, 1.54) is 48.0 Å². The van der Waals surface area contributed by atoms with Gasteiger partial charge in [0.25, 0.3) is 21.8 Å². The van der Waals surface area contributed by atoms with Crippen LogP contribution in [0.25, 0.3) is 0 Å². The number of anilines is 1. The minimum Gasteiger partial charge on any atom is -0.363 e. The SMILES string of the molecule is CN(C)S(=O)(=O)N1CCN(c2ccc(C(=O)NC34CC5CC(CC(C5)C3)C4)cc2[N+](=O)[O-])CC1. The molecule has 0 aromatic heterocycles. The molecule has 1 aromatic carbocycles. The summed E-state index contributed by atoms with van der Waals surface area (Å²) in [5.41, 5.74) is 0.438. The second-order valence-electron chi connectivity index (χ2n) is 10.8. The average molecular weight is 492 g/mol. The van der Waals surface area contributed by atoms with E-state index in [-0.39, 0.29) is 30.2 Å². The van der Waals surface area contributed by atoms with Gasteiger partial charge in [-0.15, -0.1) is 0 Å². The van der Waals surface area contributed by atoms with Crippen molar-refractivity contribution in [3.05, 3.63) is 33.9 Å². The highest BCUT2D eigenvalue weighted by molar-refractivity contribution is 7.86. The van der Waals surface area contributed by atoms with Gasteiger partial charge in [-0.25, -0.2) is 0 Å². The number of carbonyl (C=O) groups is 1. The lowest BCUT2D eigenvalue weighted by Crippen LogP contribution is -2.59. The lowest BCUT2D eigenvalue weighted by Gasteiger charge is -2.56. The molecule has 0 unspecified atom stereocenters. The van der Waals surface area contributed by atoms with Gasteiger partial charge in [-0.2, -0.15) is 17.0 Å². The number of nitro benzene ring substituents is 1. The summed E-state index contributed by atoms with van der Waals surface area (Å²) in [6.07, 6.45) is 6.89. The van der Waals surface area contributed by atoms with Gasteiger partial charge in [-0.1, -0.05) is 0 Å². The van der Waals surface area contributed by atoms with Crippen molar-refractivity contribution in [2.24, 2.45) is 17.8 Å². The van der Waals surface area contributed by atoms with E-state index in [0.717, 1.165) is 19.3 Å². The molecular weight excluding hydrogens is 458 g/mol. The smallest absolute Gasteiger partial charge is 0.293 e. The summed E-state index contributed by atoms with van der Waals surface area (Å²) in [7, 11) is -0.548. The van der Waals surface area contributed by atoms with Crippen LogP contribution in [0.5, 0.6) is 0 Å². The third-order valence-corrected chi connectivity index (χ3v) is 10.2. The molecule has 1 aromatic rings. The number of hydrogen-bond acceptors (Lipinski definition) is 6. The van der Waals surface area contributed by atoms with E-state index in [0.29, 0.717) is 42.1 Å². The van der Waals surface area contributed by atoms with E-state index in [2.05, 4.69) is 5.32 Å². The first-order chi connectivity index (χ1) is 16.1. The Labute approximate surface area is 200 Å². The van der Waals surface area contributed by atoms with Crippen LogP contribution in [-0.4, -0.2) is 73.7 Å². The molecule has 4 saturated carbocycles. The molecule has 4 aliphatic carbocycles. The number of nitro groups is 1. The van der Waals surface area contributed by atoms with Crippen LogP contribution in [0, 0.1) is 27.9 Å². The third-order valence-electron chi connectivity index (χ3n) is 8.22. The van der Waals surface area contributed by atoms with Gasteiger partial charge >= 0.3 is 0 Å². The van der Waals surface area contributed by atoms with E-state index < -0.39 is 15.1 Å². The van der Waals surface area contributed by atoms with Gasteiger partial charge in [0.2, 0.25) is 0 Å². The molecular formula is C23H33N5O5S. The van der Waals surface area contributed by atoms with E-state index in [9.17, 15) is 23.3 Å². The highest BCUT2D eigenvalue weighted by atomic mass is 32.2. The third kappa shape index (κ3) is 4.18. The summed E-state index contributed by atoms with van der Waals surface area (Å²) < 4.78 is 27.3. The number of nitrogens with one attached hydrogen (secondary N) is 1. The van der Waals surface area contributed by atoms with E-state index >= 15 is 0 Å². The van der Waals surface area contributed by atoms with Gasteiger partial charge in [0.1, 0.15) is 5.69 Å². The number of piperazine rings is 1. The minimum atomic E-state index is -3.52. The van der Waals surface area contributed by atoms with E-state index in [1.807, 2.05) is 4.90 Å². The van der Waals surface area contributed by atoms with Crippen LogP contribution in [-0.2, 0) is 10.2 Å². The van der Waals surface area contributed by atoms with Crippen LogP contribution in [0.1, 0.15) is 48.9 Å². The number of hydrogen-bond donors (Lipinski definition) is 1. The van der Waals surface area contributed by atoms with Gasteiger partial charge in [0.15, 0.2) is 0 Å². The van der Waals surface area contributed by atoms with Gasteiger partial charge in [0.05, 0.1) is 4.92 Å². The lowest BCUT2D eigenvalue weighted by atomic mass is 9.53. The molecule has 186 valence electrons. The molecule has 1 heterocycles. The fourth-order valence-corrected chi connectivity index (χ4v) is 8.13. The summed E-state index contributed by atoms with van der Waals surface area (Å²) in [5.74, 6) is 1.84. The molecule has 6 rings (SSSR count). The molecule has 1 saturated heterocycles. The Balaban J connectivity index is 1.31. The second-order valence-corrected chi connectivity index (χ2v) is 12.9. The Bertz CT molecular complexity index is 1060.